The summed E-state index contributed by atoms with van der Waals surface area (Å²) in [5, 5.41) is 14.7. The summed E-state index contributed by atoms with van der Waals surface area (Å²) >= 11 is 0. The quantitative estimate of drug-likeness (QED) is 0.434. The van der Waals surface area contributed by atoms with Crippen molar-refractivity contribution in [3.8, 4) is 0 Å². The normalized spacial score (nSPS) is 14.7. The molecule has 0 bridgehead atoms. The standard InChI is InChI=1S/C23H25N5O3/c29-22(11-12-27-18-21(17-24-27)28(30)31)25-13-15-26(16-14-25)23(19-7-3-1-4-8-19)20-9-5-2-6-10-20/h1-10,17-18,23H,11-16H2. The van der Waals surface area contributed by atoms with Crippen LogP contribution in [0, 0.1) is 10.1 Å². The van der Waals surface area contributed by atoms with E-state index in [9.17, 15) is 14.9 Å². The van der Waals surface area contributed by atoms with Crippen LogP contribution in [-0.2, 0) is 11.3 Å². The van der Waals surface area contributed by atoms with Crippen LogP contribution in [0.5, 0.6) is 0 Å². The van der Waals surface area contributed by atoms with Crippen LogP contribution in [0.25, 0.3) is 0 Å². The number of amides is 1. The molecule has 0 radical (unpaired) electrons. The Morgan fingerprint density at radius 1 is 0.968 bits per heavy atom. The number of benzene rings is 2. The fourth-order valence-corrected chi connectivity index (χ4v) is 4.05. The third-order valence-electron chi connectivity index (χ3n) is 5.65. The third-order valence-corrected chi connectivity index (χ3v) is 5.65. The van der Waals surface area contributed by atoms with Crippen molar-refractivity contribution in [3.05, 3.63) is 94.3 Å². The van der Waals surface area contributed by atoms with Crippen molar-refractivity contribution in [1.29, 1.82) is 0 Å². The molecule has 2 aromatic carbocycles. The first kappa shape index (κ1) is 20.7. The second-order valence-electron chi connectivity index (χ2n) is 7.61. The predicted molar refractivity (Wildman–Crippen MR) is 116 cm³/mol. The van der Waals surface area contributed by atoms with Crippen LogP contribution in [0.3, 0.4) is 0 Å². The molecule has 0 spiro atoms. The minimum absolute atomic E-state index is 0.0498. The molecule has 1 amide bonds. The zero-order valence-electron chi connectivity index (χ0n) is 17.2. The Morgan fingerprint density at radius 3 is 2.06 bits per heavy atom. The maximum atomic E-state index is 12.7. The summed E-state index contributed by atoms with van der Waals surface area (Å²) in [6.07, 6.45) is 2.84. The van der Waals surface area contributed by atoms with Crippen LogP contribution in [-0.4, -0.2) is 56.6 Å². The van der Waals surface area contributed by atoms with Gasteiger partial charge in [-0.05, 0) is 11.1 Å². The Morgan fingerprint density at radius 2 is 1.55 bits per heavy atom. The highest BCUT2D eigenvalue weighted by molar-refractivity contribution is 5.76. The fraction of sp³-hybridized carbons (Fsp3) is 0.304. The molecule has 0 aliphatic carbocycles. The van der Waals surface area contributed by atoms with E-state index in [1.165, 1.54) is 28.2 Å². The van der Waals surface area contributed by atoms with E-state index >= 15 is 0 Å². The molecule has 1 fully saturated rings. The summed E-state index contributed by atoms with van der Waals surface area (Å²) in [7, 11) is 0. The summed E-state index contributed by atoms with van der Waals surface area (Å²) in [5.41, 5.74) is 2.43. The number of carbonyl (C=O) groups excluding carboxylic acids is 1. The van der Waals surface area contributed by atoms with E-state index in [0.717, 1.165) is 13.1 Å². The number of aryl methyl sites for hydroxylation is 1. The molecular formula is C23H25N5O3. The van der Waals surface area contributed by atoms with Crippen LogP contribution in [0.4, 0.5) is 5.69 Å². The maximum absolute atomic E-state index is 12.7. The molecule has 4 rings (SSSR count). The van der Waals surface area contributed by atoms with Crippen molar-refractivity contribution in [3.63, 3.8) is 0 Å². The largest absolute Gasteiger partial charge is 0.340 e. The van der Waals surface area contributed by atoms with Crippen molar-refractivity contribution in [1.82, 2.24) is 19.6 Å². The molecular weight excluding hydrogens is 394 g/mol. The van der Waals surface area contributed by atoms with E-state index in [1.807, 2.05) is 17.0 Å². The van der Waals surface area contributed by atoms with Crippen molar-refractivity contribution < 1.29 is 9.72 Å². The van der Waals surface area contributed by atoms with E-state index in [2.05, 4.69) is 58.5 Å². The fourth-order valence-electron chi connectivity index (χ4n) is 4.05. The van der Waals surface area contributed by atoms with Crippen LogP contribution in [0.15, 0.2) is 73.1 Å². The molecule has 31 heavy (non-hydrogen) atoms. The minimum Gasteiger partial charge on any atom is -0.340 e. The van der Waals surface area contributed by atoms with Crippen molar-refractivity contribution in [2.45, 2.75) is 19.0 Å². The number of nitrogens with zero attached hydrogens (tertiary/aromatic N) is 5. The van der Waals surface area contributed by atoms with E-state index in [4.69, 9.17) is 0 Å². The Kier molecular flexibility index (Phi) is 6.37. The number of hydrogen-bond donors (Lipinski definition) is 0. The second kappa shape index (κ2) is 9.53. The maximum Gasteiger partial charge on any atom is 0.306 e. The van der Waals surface area contributed by atoms with Crippen molar-refractivity contribution in [2.24, 2.45) is 0 Å². The topological polar surface area (TPSA) is 84.5 Å². The molecule has 0 atom stereocenters. The first-order chi connectivity index (χ1) is 15.1. The Balaban J connectivity index is 1.37. The second-order valence-corrected chi connectivity index (χ2v) is 7.61. The first-order valence-corrected chi connectivity index (χ1v) is 10.4. The number of rotatable bonds is 7. The molecule has 0 saturated carbocycles. The summed E-state index contributed by atoms with van der Waals surface area (Å²) in [4.78, 5) is 27.2. The number of piperazine rings is 1. The van der Waals surface area contributed by atoms with Gasteiger partial charge in [0.05, 0.1) is 11.0 Å². The lowest BCUT2D eigenvalue weighted by atomic mass is 9.96. The molecule has 1 aliphatic rings. The van der Waals surface area contributed by atoms with Crippen molar-refractivity contribution >= 4 is 11.6 Å². The molecule has 0 unspecified atom stereocenters. The molecule has 1 aromatic heterocycles. The summed E-state index contributed by atoms with van der Waals surface area (Å²) in [6, 6.07) is 21.1. The Hall–Kier alpha value is -3.52. The molecule has 0 N–H and O–H groups in total. The van der Waals surface area contributed by atoms with Gasteiger partial charge in [-0.15, -0.1) is 0 Å². The molecule has 3 aromatic rings. The smallest absolute Gasteiger partial charge is 0.306 e. The molecule has 2 heterocycles. The average molecular weight is 419 g/mol. The van der Waals surface area contributed by atoms with Crippen molar-refractivity contribution in [2.75, 3.05) is 26.2 Å². The van der Waals surface area contributed by atoms with Gasteiger partial charge in [0.2, 0.25) is 5.91 Å². The van der Waals surface area contributed by atoms with Crippen LogP contribution in [0.1, 0.15) is 23.6 Å². The zero-order valence-corrected chi connectivity index (χ0v) is 17.2. The van der Waals surface area contributed by atoms with Crippen LogP contribution >= 0.6 is 0 Å². The number of nitro groups is 1. The van der Waals surface area contributed by atoms with Gasteiger partial charge in [-0.25, -0.2) is 0 Å². The number of carbonyl (C=O) groups is 1. The Labute approximate surface area is 180 Å². The van der Waals surface area contributed by atoms with Gasteiger partial charge in [0.15, 0.2) is 0 Å². The summed E-state index contributed by atoms with van der Waals surface area (Å²) in [5.74, 6) is 0.0498. The van der Waals surface area contributed by atoms with Gasteiger partial charge in [-0.1, -0.05) is 60.7 Å². The van der Waals surface area contributed by atoms with E-state index in [-0.39, 0.29) is 24.1 Å². The lowest BCUT2D eigenvalue weighted by molar-refractivity contribution is -0.385. The lowest BCUT2D eigenvalue weighted by Crippen LogP contribution is -2.50. The highest BCUT2D eigenvalue weighted by Gasteiger charge is 2.28. The average Bonchev–Trinajstić information content (AvgIpc) is 3.29. The summed E-state index contributed by atoms with van der Waals surface area (Å²) < 4.78 is 1.45. The highest BCUT2D eigenvalue weighted by atomic mass is 16.6. The number of hydrogen-bond acceptors (Lipinski definition) is 5. The predicted octanol–water partition coefficient (Wildman–Crippen LogP) is 3.12. The lowest BCUT2D eigenvalue weighted by Gasteiger charge is -2.39. The Bertz CT molecular complexity index is 974. The van der Waals surface area contributed by atoms with Crippen LogP contribution < -0.4 is 0 Å². The molecule has 8 nitrogen and oxygen atoms in total. The number of aromatic nitrogens is 2. The van der Waals surface area contributed by atoms with Gasteiger partial charge in [-0.2, -0.15) is 5.10 Å². The summed E-state index contributed by atoms with van der Waals surface area (Å²) in [6.45, 7) is 3.23. The van der Waals surface area contributed by atoms with Gasteiger partial charge in [0, 0.05) is 39.1 Å². The van der Waals surface area contributed by atoms with E-state index in [0.29, 0.717) is 19.6 Å². The zero-order chi connectivity index (χ0) is 21.6. The van der Waals surface area contributed by atoms with Gasteiger partial charge in [0.1, 0.15) is 12.4 Å². The molecule has 1 aliphatic heterocycles. The van der Waals surface area contributed by atoms with Gasteiger partial charge >= 0.3 is 5.69 Å². The SMILES string of the molecule is O=C(CCn1cc([N+](=O)[O-])cn1)N1CCN(C(c2ccccc2)c2ccccc2)CC1. The van der Waals surface area contributed by atoms with Crippen LogP contribution in [0.2, 0.25) is 0 Å². The van der Waals surface area contributed by atoms with Gasteiger partial charge in [-0.3, -0.25) is 24.5 Å². The molecule has 1 saturated heterocycles. The van der Waals surface area contributed by atoms with E-state index in [1.54, 1.807) is 0 Å². The molecule has 160 valence electrons. The first-order valence-electron chi connectivity index (χ1n) is 10.4. The van der Waals surface area contributed by atoms with E-state index < -0.39 is 4.92 Å². The van der Waals surface area contributed by atoms with Gasteiger partial charge in [0.25, 0.3) is 0 Å². The highest BCUT2D eigenvalue weighted by Crippen LogP contribution is 2.29. The van der Waals surface area contributed by atoms with Gasteiger partial charge < -0.3 is 4.90 Å². The minimum atomic E-state index is -0.486. The molecule has 8 heteroatoms. The monoisotopic (exact) mass is 419 g/mol. The third kappa shape index (κ3) is 4.97.